The lowest BCUT2D eigenvalue weighted by Gasteiger charge is -2.20. The van der Waals surface area contributed by atoms with Crippen LogP contribution in [0.2, 0.25) is 0 Å². The molecule has 1 atom stereocenters. The number of rotatable bonds is 9. The van der Waals surface area contributed by atoms with Crippen molar-refractivity contribution in [2.24, 2.45) is 0 Å². The highest BCUT2D eigenvalue weighted by Gasteiger charge is 2.23. The van der Waals surface area contributed by atoms with Crippen molar-refractivity contribution in [1.29, 1.82) is 0 Å². The smallest absolute Gasteiger partial charge is 0.331 e. The SMILES string of the molecule is CCc1cccc(C)c1NC(=O)[C@@H](Sc1ccc(NC(=O)/C=C(/C)C(=O)O)cc1)c1ccccc1. The molecule has 0 fully saturated rings. The van der Waals surface area contributed by atoms with Gasteiger partial charge in [0.1, 0.15) is 5.25 Å². The minimum atomic E-state index is -1.14. The lowest BCUT2D eigenvalue weighted by atomic mass is 10.1. The molecule has 0 aliphatic heterocycles. The molecule has 0 bridgehead atoms. The first-order valence-electron chi connectivity index (χ1n) is 11.2. The molecule has 3 aromatic carbocycles. The Balaban J connectivity index is 1.80. The third-order valence-corrected chi connectivity index (χ3v) is 6.66. The molecule has 35 heavy (non-hydrogen) atoms. The summed E-state index contributed by atoms with van der Waals surface area (Å²) in [6, 6.07) is 22.7. The van der Waals surface area contributed by atoms with Gasteiger partial charge in [-0.2, -0.15) is 0 Å². The van der Waals surface area contributed by atoms with Gasteiger partial charge >= 0.3 is 5.97 Å². The monoisotopic (exact) mass is 488 g/mol. The first-order chi connectivity index (χ1) is 16.8. The summed E-state index contributed by atoms with van der Waals surface area (Å²) in [5.41, 5.74) is 4.31. The van der Waals surface area contributed by atoms with Gasteiger partial charge in [-0.15, -0.1) is 11.8 Å². The van der Waals surface area contributed by atoms with Gasteiger partial charge in [-0.25, -0.2) is 4.79 Å². The molecule has 0 saturated heterocycles. The molecule has 0 radical (unpaired) electrons. The van der Waals surface area contributed by atoms with Crippen LogP contribution in [0.15, 0.2) is 89.3 Å². The number of carboxylic acid groups (broad SMARTS) is 1. The molecule has 0 saturated carbocycles. The Morgan fingerprint density at radius 3 is 2.26 bits per heavy atom. The third kappa shape index (κ3) is 7.07. The van der Waals surface area contributed by atoms with E-state index < -0.39 is 17.1 Å². The second-order valence-electron chi connectivity index (χ2n) is 8.01. The Morgan fingerprint density at radius 2 is 1.63 bits per heavy atom. The maximum absolute atomic E-state index is 13.5. The lowest BCUT2D eigenvalue weighted by Crippen LogP contribution is -2.20. The molecule has 2 amide bonds. The van der Waals surface area contributed by atoms with Crippen molar-refractivity contribution in [2.45, 2.75) is 37.3 Å². The first-order valence-corrected chi connectivity index (χ1v) is 12.1. The van der Waals surface area contributed by atoms with E-state index in [2.05, 4.69) is 17.6 Å². The number of benzene rings is 3. The summed E-state index contributed by atoms with van der Waals surface area (Å²) in [6.07, 6.45) is 1.85. The summed E-state index contributed by atoms with van der Waals surface area (Å²) in [5.74, 6) is -1.78. The van der Waals surface area contributed by atoms with E-state index in [9.17, 15) is 14.4 Å². The van der Waals surface area contributed by atoms with E-state index in [1.54, 1.807) is 12.1 Å². The molecule has 0 aromatic heterocycles. The Morgan fingerprint density at radius 1 is 0.943 bits per heavy atom. The Labute approximate surface area is 209 Å². The minimum Gasteiger partial charge on any atom is -0.478 e. The number of thioether (sulfide) groups is 1. The fourth-order valence-electron chi connectivity index (χ4n) is 3.48. The summed E-state index contributed by atoms with van der Waals surface area (Å²) >= 11 is 1.42. The van der Waals surface area contributed by atoms with E-state index in [1.165, 1.54) is 18.7 Å². The van der Waals surface area contributed by atoms with Crippen molar-refractivity contribution in [1.82, 2.24) is 0 Å². The van der Waals surface area contributed by atoms with Gasteiger partial charge in [0.25, 0.3) is 0 Å². The standard InChI is InChI=1S/C28H28N2O4S/c1-4-20-12-8-9-18(2)25(20)30-27(32)26(21-10-6-5-7-11-21)35-23-15-13-22(14-16-23)29-24(31)17-19(3)28(33)34/h5-17,26H,4H2,1-3H3,(H,29,31)(H,30,32)(H,33,34)/b19-17-/t26-/m0/s1. The van der Waals surface area contributed by atoms with Crippen LogP contribution in [0.25, 0.3) is 0 Å². The molecular formula is C28H28N2O4S. The lowest BCUT2D eigenvalue weighted by molar-refractivity contribution is -0.132. The van der Waals surface area contributed by atoms with Gasteiger partial charge < -0.3 is 15.7 Å². The number of aliphatic carboxylic acids is 1. The van der Waals surface area contributed by atoms with Gasteiger partial charge in [-0.1, -0.05) is 55.5 Å². The largest absolute Gasteiger partial charge is 0.478 e. The quantitative estimate of drug-likeness (QED) is 0.254. The highest BCUT2D eigenvalue weighted by molar-refractivity contribution is 8.00. The van der Waals surface area contributed by atoms with Crippen molar-refractivity contribution in [3.63, 3.8) is 0 Å². The average molecular weight is 489 g/mol. The molecule has 7 heteroatoms. The first kappa shape index (κ1) is 25.8. The summed E-state index contributed by atoms with van der Waals surface area (Å²) in [5, 5.41) is 14.2. The zero-order valence-corrected chi connectivity index (χ0v) is 20.7. The molecule has 3 aromatic rings. The van der Waals surface area contributed by atoms with E-state index in [0.29, 0.717) is 5.69 Å². The van der Waals surface area contributed by atoms with E-state index in [4.69, 9.17) is 5.11 Å². The fourth-order valence-corrected chi connectivity index (χ4v) is 4.51. The zero-order chi connectivity index (χ0) is 25.4. The Bertz CT molecular complexity index is 1240. The predicted molar refractivity (Wildman–Crippen MR) is 141 cm³/mol. The molecule has 0 unspecified atom stereocenters. The molecule has 0 spiro atoms. The number of para-hydroxylation sites is 1. The number of carboxylic acids is 1. The predicted octanol–water partition coefficient (Wildman–Crippen LogP) is 6.00. The topological polar surface area (TPSA) is 95.5 Å². The summed E-state index contributed by atoms with van der Waals surface area (Å²) < 4.78 is 0. The molecule has 0 aliphatic rings. The third-order valence-electron chi connectivity index (χ3n) is 5.39. The Hall–Kier alpha value is -3.84. The van der Waals surface area contributed by atoms with Crippen molar-refractivity contribution >= 4 is 40.9 Å². The molecule has 6 nitrogen and oxygen atoms in total. The van der Waals surface area contributed by atoms with Crippen LogP contribution in [0, 0.1) is 6.92 Å². The maximum Gasteiger partial charge on any atom is 0.331 e. The Kier molecular flexibility index (Phi) is 8.86. The van der Waals surface area contributed by atoms with Crippen LogP contribution < -0.4 is 10.6 Å². The van der Waals surface area contributed by atoms with Crippen LogP contribution in [0.1, 0.15) is 35.8 Å². The van der Waals surface area contributed by atoms with Crippen LogP contribution in [-0.2, 0) is 20.8 Å². The molecular weight excluding hydrogens is 460 g/mol. The zero-order valence-electron chi connectivity index (χ0n) is 19.9. The molecule has 3 N–H and O–H groups in total. The second kappa shape index (κ2) is 12.0. The normalized spacial score (nSPS) is 12.0. The maximum atomic E-state index is 13.5. The average Bonchev–Trinajstić information content (AvgIpc) is 2.85. The second-order valence-corrected chi connectivity index (χ2v) is 9.19. The van der Waals surface area contributed by atoms with Crippen molar-refractivity contribution in [2.75, 3.05) is 10.6 Å². The number of anilines is 2. The number of aryl methyl sites for hydroxylation is 2. The summed E-state index contributed by atoms with van der Waals surface area (Å²) in [6.45, 7) is 5.41. The molecule has 180 valence electrons. The van der Waals surface area contributed by atoms with E-state index in [1.807, 2.05) is 67.6 Å². The molecule has 0 aliphatic carbocycles. The van der Waals surface area contributed by atoms with Crippen LogP contribution in [0.5, 0.6) is 0 Å². The molecule has 0 heterocycles. The highest BCUT2D eigenvalue weighted by atomic mass is 32.2. The highest BCUT2D eigenvalue weighted by Crippen LogP contribution is 2.37. The van der Waals surface area contributed by atoms with Crippen molar-refractivity contribution in [3.05, 3.63) is 101 Å². The van der Waals surface area contributed by atoms with Gasteiger partial charge in [0.05, 0.1) is 0 Å². The van der Waals surface area contributed by atoms with Crippen LogP contribution in [-0.4, -0.2) is 22.9 Å². The van der Waals surface area contributed by atoms with Crippen LogP contribution >= 0.6 is 11.8 Å². The van der Waals surface area contributed by atoms with E-state index in [-0.39, 0.29) is 11.5 Å². The van der Waals surface area contributed by atoms with Gasteiger partial charge in [-0.05, 0) is 61.2 Å². The van der Waals surface area contributed by atoms with Gasteiger partial charge in [0, 0.05) is 27.9 Å². The summed E-state index contributed by atoms with van der Waals surface area (Å²) in [4.78, 5) is 37.2. The minimum absolute atomic E-state index is 0.0497. The van der Waals surface area contributed by atoms with Gasteiger partial charge in [-0.3, -0.25) is 9.59 Å². The number of hydrogen-bond donors (Lipinski definition) is 3. The number of nitrogens with one attached hydrogen (secondary N) is 2. The van der Waals surface area contributed by atoms with Crippen LogP contribution in [0.3, 0.4) is 0 Å². The fraction of sp³-hybridized carbons (Fsp3) is 0.179. The van der Waals surface area contributed by atoms with Crippen LogP contribution in [0.4, 0.5) is 11.4 Å². The number of amides is 2. The number of carbonyl (C=O) groups is 3. The van der Waals surface area contributed by atoms with E-state index >= 15 is 0 Å². The van der Waals surface area contributed by atoms with Crippen molar-refractivity contribution < 1.29 is 19.5 Å². The van der Waals surface area contributed by atoms with Gasteiger partial charge in [0.15, 0.2) is 0 Å². The van der Waals surface area contributed by atoms with E-state index in [0.717, 1.165) is 39.8 Å². The number of carbonyl (C=O) groups excluding carboxylic acids is 2. The van der Waals surface area contributed by atoms with Crippen molar-refractivity contribution in [3.8, 4) is 0 Å². The van der Waals surface area contributed by atoms with Gasteiger partial charge in [0.2, 0.25) is 11.8 Å². The summed E-state index contributed by atoms with van der Waals surface area (Å²) in [7, 11) is 0. The molecule has 3 rings (SSSR count). The number of hydrogen-bond acceptors (Lipinski definition) is 4.